The van der Waals surface area contributed by atoms with Crippen molar-refractivity contribution in [2.24, 2.45) is 0 Å². The van der Waals surface area contributed by atoms with Gasteiger partial charge in [0.2, 0.25) is 10.0 Å². The van der Waals surface area contributed by atoms with Gasteiger partial charge < -0.3 is 10.1 Å². The summed E-state index contributed by atoms with van der Waals surface area (Å²) in [5.74, 6) is -0.721. The van der Waals surface area contributed by atoms with Crippen molar-refractivity contribution in [3.8, 4) is 5.75 Å². The van der Waals surface area contributed by atoms with Gasteiger partial charge in [0.05, 0.1) is 7.11 Å². The Morgan fingerprint density at radius 2 is 1.86 bits per heavy atom. The lowest BCUT2D eigenvalue weighted by Gasteiger charge is -2.16. The maximum atomic E-state index is 13.2. The molecule has 8 heteroatoms. The van der Waals surface area contributed by atoms with Gasteiger partial charge in [0, 0.05) is 17.3 Å². The number of ether oxygens (including phenoxy) is 1. The number of nitrogens with one attached hydrogen (secondary N) is 2. The average molecular weight is 406 g/mol. The van der Waals surface area contributed by atoms with Gasteiger partial charge in [-0.3, -0.25) is 4.79 Å². The number of anilines is 1. The Labute approximate surface area is 164 Å². The molecule has 0 bridgehead atoms. The third-order valence-electron chi connectivity index (χ3n) is 4.83. The smallest absolute Gasteiger partial charge is 0.255 e. The van der Waals surface area contributed by atoms with E-state index >= 15 is 0 Å². The van der Waals surface area contributed by atoms with Gasteiger partial charge in [0.1, 0.15) is 16.5 Å². The molecule has 0 atom stereocenters. The molecular weight excluding hydrogens is 383 g/mol. The zero-order valence-corrected chi connectivity index (χ0v) is 16.6. The monoisotopic (exact) mass is 406 g/mol. The van der Waals surface area contributed by atoms with E-state index in [2.05, 4.69) is 10.0 Å². The first-order chi connectivity index (χ1) is 13.3. The van der Waals surface area contributed by atoms with Crippen LogP contribution in [0.2, 0.25) is 0 Å². The van der Waals surface area contributed by atoms with Crippen molar-refractivity contribution in [1.29, 1.82) is 0 Å². The Kier molecular flexibility index (Phi) is 6.00. The molecule has 3 rings (SSSR count). The lowest BCUT2D eigenvalue weighted by Crippen LogP contribution is -2.33. The normalized spacial score (nSPS) is 14.8. The highest BCUT2D eigenvalue weighted by molar-refractivity contribution is 7.89. The predicted octanol–water partition coefficient (Wildman–Crippen LogP) is 3.62. The first kappa shape index (κ1) is 20.3. The summed E-state index contributed by atoms with van der Waals surface area (Å²) in [5, 5.41) is 2.68. The zero-order chi connectivity index (χ0) is 20.3. The van der Waals surface area contributed by atoms with Gasteiger partial charge in [-0.05, 0) is 61.7 Å². The summed E-state index contributed by atoms with van der Waals surface area (Å²) in [4.78, 5) is 12.5. The quantitative estimate of drug-likeness (QED) is 0.767. The first-order valence-corrected chi connectivity index (χ1v) is 10.6. The van der Waals surface area contributed by atoms with E-state index in [9.17, 15) is 17.6 Å². The number of hydrogen-bond donors (Lipinski definition) is 2. The number of sulfonamides is 1. The van der Waals surface area contributed by atoms with E-state index in [0.29, 0.717) is 11.3 Å². The summed E-state index contributed by atoms with van der Waals surface area (Å²) in [6, 6.07) is 8.16. The minimum absolute atomic E-state index is 0.0784. The molecule has 28 heavy (non-hydrogen) atoms. The molecule has 2 N–H and O–H groups in total. The molecule has 2 aromatic rings. The topological polar surface area (TPSA) is 84.5 Å². The highest BCUT2D eigenvalue weighted by Gasteiger charge is 2.26. The average Bonchev–Trinajstić information content (AvgIpc) is 3.15. The third-order valence-corrected chi connectivity index (χ3v) is 6.37. The summed E-state index contributed by atoms with van der Waals surface area (Å²) in [6.45, 7) is 1.67. The van der Waals surface area contributed by atoms with E-state index in [-0.39, 0.29) is 22.3 Å². The fraction of sp³-hybridized carbons (Fsp3) is 0.350. The van der Waals surface area contributed by atoms with Crippen LogP contribution in [0.1, 0.15) is 41.6 Å². The number of benzene rings is 2. The molecule has 0 aromatic heterocycles. The highest BCUT2D eigenvalue weighted by atomic mass is 32.2. The van der Waals surface area contributed by atoms with E-state index in [0.717, 1.165) is 25.7 Å². The molecule has 1 saturated carbocycles. The minimum Gasteiger partial charge on any atom is -0.495 e. The molecule has 0 aliphatic heterocycles. The van der Waals surface area contributed by atoms with Crippen molar-refractivity contribution in [2.75, 3.05) is 12.4 Å². The van der Waals surface area contributed by atoms with Crippen LogP contribution in [0.3, 0.4) is 0 Å². The Bertz CT molecular complexity index is 986. The number of amides is 1. The number of carbonyl (C=O) groups is 1. The van der Waals surface area contributed by atoms with Gasteiger partial charge in [0.25, 0.3) is 5.91 Å². The number of hydrogen-bond acceptors (Lipinski definition) is 4. The van der Waals surface area contributed by atoms with Gasteiger partial charge in [-0.15, -0.1) is 0 Å². The molecule has 1 aliphatic rings. The summed E-state index contributed by atoms with van der Waals surface area (Å²) in [7, 11) is -2.45. The second kappa shape index (κ2) is 8.28. The molecule has 1 aliphatic carbocycles. The third kappa shape index (κ3) is 4.51. The van der Waals surface area contributed by atoms with Gasteiger partial charge in [-0.2, -0.15) is 0 Å². The highest BCUT2D eigenvalue weighted by Crippen LogP contribution is 2.28. The maximum Gasteiger partial charge on any atom is 0.255 e. The molecule has 1 fully saturated rings. The summed E-state index contributed by atoms with van der Waals surface area (Å²) >= 11 is 0. The molecule has 0 spiro atoms. The van der Waals surface area contributed by atoms with Crippen LogP contribution in [0.25, 0.3) is 0 Å². The standard InChI is InChI=1S/C20H23FN2O4S/c1-13-11-15(21)8-9-17(13)22-20(24)14-7-10-18(27-2)19(12-14)28(25,26)23-16-5-3-4-6-16/h7-12,16,23H,3-6H2,1-2H3,(H,22,24). The van der Waals surface area contributed by atoms with Crippen molar-refractivity contribution in [1.82, 2.24) is 4.72 Å². The Hall–Kier alpha value is -2.45. The van der Waals surface area contributed by atoms with E-state index in [1.807, 2.05) is 0 Å². The first-order valence-electron chi connectivity index (χ1n) is 9.08. The lowest BCUT2D eigenvalue weighted by atomic mass is 10.1. The maximum absolute atomic E-state index is 13.2. The predicted molar refractivity (Wildman–Crippen MR) is 105 cm³/mol. The van der Waals surface area contributed by atoms with E-state index in [1.54, 1.807) is 6.92 Å². The number of rotatable bonds is 6. The van der Waals surface area contributed by atoms with Crippen LogP contribution in [0, 0.1) is 12.7 Å². The number of carbonyl (C=O) groups excluding carboxylic acids is 1. The van der Waals surface area contributed by atoms with Crippen LogP contribution in [0.4, 0.5) is 10.1 Å². The Balaban J connectivity index is 1.88. The van der Waals surface area contributed by atoms with Crippen LogP contribution in [0.5, 0.6) is 5.75 Å². The van der Waals surface area contributed by atoms with Gasteiger partial charge in [0.15, 0.2) is 0 Å². The van der Waals surface area contributed by atoms with E-state index in [1.165, 1.54) is 43.5 Å². The second-order valence-corrected chi connectivity index (χ2v) is 8.56. The SMILES string of the molecule is COc1ccc(C(=O)Nc2ccc(F)cc2C)cc1S(=O)(=O)NC1CCCC1. The van der Waals surface area contributed by atoms with Crippen molar-refractivity contribution in [2.45, 2.75) is 43.5 Å². The lowest BCUT2D eigenvalue weighted by molar-refractivity contribution is 0.102. The number of halogens is 1. The molecule has 2 aromatic carbocycles. The van der Waals surface area contributed by atoms with Crippen molar-refractivity contribution in [3.05, 3.63) is 53.3 Å². The molecule has 0 radical (unpaired) electrons. The minimum atomic E-state index is -3.83. The van der Waals surface area contributed by atoms with E-state index < -0.39 is 21.7 Å². The number of methoxy groups -OCH3 is 1. The second-order valence-electron chi connectivity index (χ2n) is 6.88. The molecule has 6 nitrogen and oxygen atoms in total. The van der Waals surface area contributed by atoms with Crippen LogP contribution in [0.15, 0.2) is 41.3 Å². The van der Waals surface area contributed by atoms with Gasteiger partial charge >= 0.3 is 0 Å². The Morgan fingerprint density at radius 3 is 2.50 bits per heavy atom. The van der Waals surface area contributed by atoms with Crippen molar-refractivity contribution in [3.63, 3.8) is 0 Å². The molecule has 0 heterocycles. The molecule has 0 saturated heterocycles. The fourth-order valence-corrected chi connectivity index (χ4v) is 4.82. The molecule has 1 amide bonds. The molecule has 150 valence electrons. The zero-order valence-electron chi connectivity index (χ0n) is 15.8. The van der Waals surface area contributed by atoms with Crippen LogP contribution >= 0.6 is 0 Å². The van der Waals surface area contributed by atoms with Crippen molar-refractivity contribution < 1.29 is 22.3 Å². The van der Waals surface area contributed by atoms with Crippen LogP contribution < -0.4 is 14.8 Å². The van der Waals surface area contributed by atoms with E-state index in [4.69, 9.17) is 4.74 Å². The largest absolute Gasteiger partial charge is 0.495 e. The van der Waals surface area contributed by atoms with Crippen molar-refractivity contribution >= 4 is 21.6 Å². The molecular formula is C20H23FN2O4S. The molecule has 0 unspecified atom stereocenters. The van der Waals surface area contributed by atoms with Gasteiger partial charge in [-0.25, -0.2) is 17.5 Å². The summed E-state index contributed by atoms with van der Waals surface area (Å²) in [5.41, 5.74) is 1.18. The fourth-order valence-electron chi connectivity index (χ4n) is 3.32. The Morgan fingerprint density at radius 1 is 1.14 bits per heavy atom. The van der Waals surface area contributed by atoms with Crippen LogP contribution in [-0.2, 0) is 10.0 Å². The van der Waals surface area contributed by atoms with Gasteiger partial charge in [-0.1, -0.05) is 12.8 Å². The summed E-state index contributed by atoms with van der Waals surface area (Å²) in [6.07, 6.45) is 3.57. The van der Waals surface area contributed by atoms with Crippen LogP contribution in [-0.4, -0.2) is 27.5 Å². The number of aryl methyl sites for hydroxylation is 1. The summed E-state index contributed by atoms with van der Waals surface area (Å²) < 4.78 is 46.8.